The second-order valence-electron chi connectivity index (χ2n) is 5.72. The molecule has 1 aliphatic carbocycles. The molecule has 0 spiro atoms. The second kappa shape index (κ2) is 6.16. The van der Waals surface area contributed by atoms with E-state index in [1.54, 1.807) is 0 Å². The quantitative estimate of drug-likeness (QED) is 0.843. The third-order valence-corrected chi connectivity index (χ3v) is 3.55. The number of aliphatic carboxylic acids is 1. The van der Waals surface area contributed by atoms with Crippen molar-refractivity contribution in [1.82, 2.24) is 5.32 Å². The molecule has 1 fully saturated rings. The number of carbonyl (C=O) groups excluding carboxylic acids is 1. The van der Waals surface area contributed by atoms with Crippen molar-refractivity contribution in [2.24, 2.45) is 11.8 Å². The number of para-hydroxylation sites is 1. The van der Waals surface area contributed by atoms with Gasteiger partial charge < -0.3 is 15.2 Å². The van der Waals surface area contributed by atoms with Gasteiger partial charge in [0.25, 0.3) is 0 Å². The van der Waals surface area contributed by atoms with Crippen LogP contribution in [0.15, 0.2) is 24.3 Å². The lowest BCUT2D eigenvalue weighted by Gasteiger charge is -2.19. The summed E-state index contributed by atoms with van der Waals surface area (Å²) in [7, 11) is 0. The molecular weight excluding hydrogens is 270 g/mol. The summed E-state index contributed by atoms with van der Waals surface area (Å²) >= 11 is 0. The molecule has 1 amide bonds. The van der Waals surface area contributed by atoms with E-state index in [2.05, 4.69) is 5.32 Å². The molecule has 2 N–H and O–H groups in total. The first-order valence-electron chi connectivity index (χ1n) is 7.19. The van der Waals surface area contributed by atoms with Crippen LogP contribution in [0, 0.1) is 11.8 Å². The summed E-state index contributed by atoms with van der Waals surface area (Å²) in [5.41, 5.74) is 0.895. The molecule has 114 valence electrons. The van der Waals surface area contributed by atoms with E-state index in [9.17, 15) is 9.59 Å². The fourth-order valence-corrected chi connectivity index (χ4v) is 2.36. The highest BCUT2D eigenvalue weighted by molar-refractivity contribution is 5.89. The van der Waals surface area contributed by atoms with Crippen LogP contribution < -0.4 is 10.1 Å². The predicted molar refractivity (Wildman–Crippen MR) is 78.0 cm³/mol. The summed E-state index contributed by atoms with van der Waals surface area (Å²) in [6.07, 6.45) is 0.478. The Bertz CT molecular complexity index is 541. The molecule has 0 bridgehead atoms. The summed E-state index contributed by atoms with van der Waals surface area (Å²) < 4.78 is 5.74. The van der Waals surface area contributed by atoms with Crippen molar-refractivity contribution in [1.29, 1.82) is 0 Å². The number of hydrogen-bond acceptors (Lipinski definition) is 3. The minimum Gasteiger partial charge on any atom is -0.491 e. The van der Waals surface area contributed by atoms with Crippen LogP contribution in [-0.2, 0) is 9.59 Å². The number of ether oxygens (including phenoxy) is 1. The van der Waals surface area contributed by atoms with Crippen LogP contribution in [0.3, 0.4) is 0 Å². The number of rotatable bonds is 6. The standard InChI is InChI=1S/C16H21NO4/c1-9(2)21-14-7-5-4-6-11(14)10(3)17-15(18)12-8-13(12)16(19)20/h4-7,9-10,12-13H,8H2,1-3H3,(H,17,18)(H,19,20). The number of carbonyl (C=O) groups is 2. The van der Waals surface area contributed by atoms with Crippen LogP contribution in [0.5, 0.6) is 5.75 Å². The van der Waals surface area contributed by atoms with Gasteiger partial charge in [0, 0.05) is 5.56 Å². The maximum atomic E-state index is 12.0. The molecule has 1 aromatic rings. The van der Waals surface area contributed by atoms with Crippen LogP contribution in [0.2, 0.25) is 0 Å². The van der Waals surface area contributed by atoms with Crippen molar-refractivity contribution in [3.63, 3.8) is 0 Å². The SMILES string of the molecule is CC(C)Oc1ccccc1C(C)NC(=O)C1CC1C(=O)O. The fraction of sp³-hybridized carbons (Fsp3) is 0.500. The maximum absolute atomic E-state index is 12.0. The largest absolute Gasteiger partial charge is 0.491 e. The van der Waals surface area contributed by atoms with Crippen LogP contribution in [-0.4, -0.2) is 23.1 Å². The monoisotopic (exact) mass is 291 g/mol. The van der Waals surface area contributed by atoms with Crippen molar-refractivity contribution in [2.45, 2.75) is 39.3 Å². The molecule has 0 saturated heterocycles. The molecule has 21 heavy (non-hydrogen) atoms. The number of nitrogens with one attached hydrogen (secondary N) is 1. The first-order chi connectivity index (χ1) is 9.90. The Hall–Kier alpha value is -2.04. The molecule has 3 unspecified atom stereocenters. The molecule has 2 rings (SSSR count). The summed E-state index contributed by atoms with van der Waals surface area (Å²) in [5.74, 6) is -1.28. The van der Waals surface area contributed by atoms with Crippen LogP contribution >= 0.6 is 0 Å². The highest BCUT2D eigenvalue weighted by Gasteiger charge is 2.48. The molecule has 1 saturated carbocycles. The van der Waals surface area contributed by atoms with Crippen molar-refractivity contribution in [2.75, 3.05) is 0 Å². The summed E-state index contributed by atoms with van der Waals surface area (Å²) in [4.78, 5) is 22.8. The number of hydrogen-bond donors (Lipinski definition) is 2. The van der Waals surface area contributed by atoms with Crippen LogP contribution in [0.4, 0.5) is 0 Å². The molecule has 5 nitrogen and oxygen atoms in total. The maximum Gasteiger partial charge on any atom is 0.307 e. The zero-order valence-corrected chi connectivity index (χ0v) is 12.5. The number of carboxylic acid groups (broad SMARTS) is 1. The van der Waals surface area contributed by atoms with Crippen molar-refractivity contribution >= 4 is 11.9 Å². The van der Waals surface area contributed by atoms with Crippen molar-refractivity contribution in [3.05, 3.63) is 29.8 Å². The Morgan fingerprint density at radius 3 is 2.48 bits per heavy atom. The van der Waals surface area contributed by atoms with E-state index in [1.165, 1.54) is 0 Å². The lowest BCUT2D eigenvalue weighted by atomic mass is 10.1. The molecular formula is C16H21NO4. The molecule has 0 aliphatic heterocycles. The lowest BCUT2D eigenvalue weighted by molar-refractivity contribution is -0.140. The zero-order valence-electron chi connectivity index (χ0n) is 12.5. The van der Waals surface area contributed by atoms with E-state index >= 15 is 0 Å². The van der Waals surface area contributed by atoms with Crippen molar-refractivity contribution in [3.8, 4) is 5.75 Å². The van der Waals surface area contributed by atoms with Gasteiger partial charge in [0.05, 0.1) is 24.0 Å². The van der Waals surface area contributed by atoms with Gasteiger partial charge in [0.1, 0.15) is 5.75 Å². The van der Waals surface area contributed by atoms with Gasteiger partial charge in [-0.1, -0.05) is 18.2 Å². The van der Waals surface area contributed by atoms with E-state index < -0.39 is 17.8 Å². The molecule has 0 aromatic heterocycles. The molecule has 3 atom stereocenters. The Morgan fingerprint density at radius 1 is 1.24 bits per heavy atom. The van der Waals surface area contributed by atoms with E-state index in [1.807, 2.05) is 45.0 Å². The molecule has 0 heterocycles. The average molecular weight is 291 g/mol. The summed E-state index contributed by atoms with van der Waals surface area (Å²) in [6.45, 7) is 5.77. The predicted octanol–water partition coefficient (Wildman–Crippen LogP) is 2.37. The topological polar surface area (TPSA) is 75.6 Å². The van der Waals surface area contributed by atoms with Gasteiger partial charge in [0.2, 0.25) is 5.91 Å². The van der Waals surface area contributed by atoms with Gasteiger partial charge >= 0.3 is 5.97 Å². The second-order valence-corrected chi connectivity index (χ2v) is 5.72. The Balaban J connectivity index is 2.02. The smallest absolute Gasteiger partial charge is 0.307 e. The highest BCUT2D eigenvalue weighted by Crippen LogP contribution is 2.39. The van der Waals surface area contributed by atoms with Gasteiger partial charge in [-0.05, 0) is 33.3 Å². The first-order valence-corrected chi connectivity index (χ1v) is 7.19. The summed E-state index contributed by atoms with van der Waals surface area (Å²) in [5, 5.41) is 11.7. The number of carboxylic acids is 1. The Labute approximate surface area is 124 Å². The van der Waals surface area contributed by atoms with Crippen LogP contribution in [0.25, 0.3) is 0 Å². The third-order valence-electron chi connectivity index (χ3n) is 3.55. The average Bonchev–Trinajstić information content (AvgIpc) is 3.18. The van der Waals surface area contributed by atoms with Gasteiger partial charge in [-0.15, -0.1) is 0 Å². The normalized spacial score (nSPS) is 21.7. The number of amides is 1. The summed E-state index contributed by atoms with van der Waals surface area (Å²) in [6, 6.07) is 7.33. The molecule has 5 heteroatoms. The third kappa shape index (κ3) is 3.74. The highest BCUT2D eigenvalue weighted by atomic mass is 16.5. The molecule has 0 radical (unpaired) electrons. The van der Waals surface area contributed by atoms with Crippen LogP contribution in [0.1, 0.15) is 38.8 Å². The first kappa shape index (κ1) is 15.4. The van der Waals surface area contributed by atoms with E-state index in [4.69, 9.17) is 9.84 Å². The van der Waals surface area contributed by atoms with Gasteiger partial charge in [-0.2, -0.15) is 0 Å². The lowest BCUT2D eigenvalue weighted by Crippen LogP contribution is -2.29. The minimum absolute atomic E-state index is 0.0499. The Kier molecular flexibility index (Phi) is 4.50. The van der Waals surface area contributed by atoms with Gasteiger partial charge in [-0.3, -0.25) is 9.59 Å². The number of benzene rings is 1. The zero-order chi connectivity index (χ0) is 15.6. The van der Waals surface area contributed by atoms with Gasteiger partial charge in [-0.25, -0.2) is 0 Å². The molecule has 1 aliphatic rings. The minimum atomic E-state index is -0.897. The fourth-order valence-electron chi connectivity index (χ4n) is 2.36. The van der Waals surface area contributed by atoms with E-state index in [-0.39, 0.29) is 18.1 Å². The van der Waals surface area contributed by atoms with E-state index in [0.717, 1.165) is 11.3 Å². The van der Waals surface area contributed by atoms with Gasteiger partial charge in [0.15, 0.2) is 0 Å². The van der Waals surface area contributed by atoms with Crippen molar-refractivity contribution < 1.29 is 19.4 Å². The van der Waals surface area contributed by atoms with E-state index in [0.29, 0.717) is 6.42 Å². The molecule has 1 aromatic carbocycles. The Morgan fingerprint density at radius 2 is 1.90 bits per heavy atom.